The predicted octanol–water partition coefficient (Wildman–Crippen LogP) is 5.65. The van der Waals surface area contributed by atoms with Gasteiger partial charge < -0.3 is 0 Å². The number of halogens is 2. The summed E-state index contributed by atoms with van der Waals surface area (Å²) < 4.78 is 1.02. The van der Waals surface area contributed by atoms with E-state index in [2.05, 4.69) is 18.2 Å². The van der Waals surface area contributed by atoms with E-state index in [4.69, 9.17) is 23.2 Å². The minimum absolute atomic E-state index is 0.0130. The van der Waals surface area contributed by atoms with Crippen LogP contribution < -0.4 is 0 Å². The maximum atomic E-state index is 12.1. The van der Waals surface area contributed by atoms with Gasteiger partial charge in [-0.2, -0.15) is 0 Å². The van der Waals surface area contributed by atoms with Gasteiger partial charge >= 0.3 is 0 Å². The molecule has 2 rings (SSSR count). The molecular weight excluding hydrogens is 319 g/mol. The summed E-state index contributed by atoms with van der Waals surface area (Å²) in [6.45, 7) is 4.08. The topological polar surface area (TPSA) is 17.1 Å². The lowest BCUT2D eigenvalue weighted by atomic mass is 10.2. The number of thioether (sulfide) groups is 1. The first-order chi connectivity index (χ1) is 8.97. The molecule has 0 unspecified atom stereocenters. The Kier molecular flexibility index (Phi) is 4.96. The second-order valence-electron chi connectivity index (χ2n) is 4.22. The van der Waals surface area contributed by atoms with Gasteiger partial charge in [-0.3, -0.25) is 4.79 Å². The number of hydrogen-bond donors (Lipinski definition) is 0. The van der Waals surface area contributed by atoms with E-state index in [9.17, 15) is 4.79 Å². The Morgan fingerprint density at radius 2 is 2.00 bits per heavy atom. The van der Waals surface area contributed by atoms with Crippen LogP contribution in [-0.2, 0) is 0 Å². The fourth-order valence-electron chi connectivity index (χ4n) is 1.61. The van der Waals surface area contributed by atoms with Crippen molar-refractivity contribution in [3.05, 3.63) is 49.6 Å². The van der Waals surface area contributed by atoms with Crippen molar-refractivity contribution in [2.75, 3.05) is 5.75 Å². The van der Waals surface area contributed by atoms with Crippen molar-refractivity contribution in [2.24, 2.45) is 0 Å². The number of hydrogen-bond acceptors (Lipinski definition) is 3. The molecule has 0 bridgehead atoms. The maximum absolute atomic E-state index is 12.1. The second-order valence-corrected chi connectivity index (χ2v) is 7.52. The molecule has 0 fully saturated rings. The molecule has 0 radical (unpaired) electrons. The van der Waals surface area contributed by atoms with Crippen LogP contribution in [0.2, 0.25) is 8.67 Å². The lowest BCUT2D eigenvalue weighted by molar-refractivity contribution is 0.102. The van der Waals surface area contributed by atoms with Crippen molar-refractivity contribution in [1.82, 2.24) is 0 Å². The van der Waals surface area contributed by atoms with E-state index in [1.807, 2.05) is 13.8 Å². The van der Waals surface area contributed by atoms with E-state index in [1.54, 1.807) is 6.07 Å². The molecule has 1 aromatic carbocycles. The van der Waals surface area contributed by atoms with Gasteiger partial charge in [0.15, 0.2) is 5.78 Å². The van der Waals surface area contributed by atoms with Crippen LogP contribution in [0, 0.1) is 13.8 Å². The number of carbonyl (C=O) groups is 1. The molecule has 1 heterocycles. The zero-order valence-electron chi connectivity index (χ0n) is 10.5. The van der Waals surface area contributed by atoms with E-state index >= 15 is 0 Å². The highest BCUT2D eigenvalue weighted by Crippen LogP contribution is 2.33. The van der Waals surface area contributed by atoms with Crippen LogP contribution in [-0.4, -0.2) is 11.5 Å². The van der Waals surface area contributed by atoms with Crippen molar-refractivity contribution in [2.45, 2.75) is 18.7 Å². The minimum atomic E-state index is 0.0130. The Balaban J connectivity index is 2.08. The van der Waals surface area contributed by atoms with Gasteiger partial charge in [0.25, 0.3) is 0 Å². The smallest absolute Gasteiger partial charge is 0.175 e. The maximum Gasteiger partial charge on any atom is 0.175 e. The van der Waals surface area contributed by atoms with Crippen LogP contribution in [0.3, 0.4) is 0 Å². The Morgan fingerprint density at radius 1 is 1.26 bits per heavy atom. The standard InChI is InChI=1S/C14H12Cl2OS2/c1-8-3-4-9(2)12(5-8)18-7-11(17)10-6-13(15)19-14(10)16/h3-6H,7H2,1-2H3. The van der Waals surface area contributed by atoms with Crippen molar-refractivity contribution < 1.29 is 4.79 Å². The predicted molar refractivity (Wildman–Crippen MR) is 85.3 cm³/mol. The van der Waals surface area contributed by atoms with Crippen LogP contribution in [0.5, 0.6) is 0 Å². The molecular formula is C14H12Cl2OS2. The van der Waals surface area contributed by atoms with Gasteiger partial charge in [0.05, 0.1) is 10.1 Å². The molecule has 5 heteroatoms. The van der Waals surface area contributed by atoms with Crippen LogP contribution >= 0.6 is 46.3 Å². The monoisotopic (exact) mass is 330 g/mol. The SMILES string of the molecule is Cc1ccc(C)c(SCC(=O)c2cc(Cl)sc2Cl)c1. The Labute approximate surface area is 130 Å². The molecule has 1 aromatic heterocycles. The summed E-state index contributed by atoms with van der Waals surface area (Å²) in [4.78, 5) is 13.2. The first kappa shape index (κ1) is 14.9. The van der Waals surface area contributed by atoms with E-state index in [-0.39, 0.29) is 5.78 Å². The molecule has 0 aliphatic rings. The number of benzene rings is 1. The summed E-state index contributed by atoms with van der Waals surface area (Å²) in [5.74, 6) is 0.385. The fourth-order valence-corrected chi connectivity index (χ4v) is 4.12. The highest BCUT2D eigenvalue weighted by atomic mass is 35.5. The molecule has 100 valence electrons. The van der Waals surface area contributed by atoms with Crippen molar-refractivity contribution in [1.29, 1.82) is 0 Å². The highest BCUT2D eigenvalue weighted by Gasteiger charge is 2.14. The van der Waals surface area contributed by atoms with Crippen LogP contribution in [0.25, 0.3) is 0 Å². The van der Waals surface area contributed by atoms with Gasteiger partial charge in [-0.05, 0) is 31.5 Å². The number of Topliss-reactive ketones (excluding diaryl/α,β-unsaturated/α-hetero) is 1. The lowest BCUT2D eigenvalue weighted by Crippen LogP contribution is -2.01. The molecule has 0 saturated carbocycles. The minimum Gasteiger partial charge on any atom is -0.293 e. The number of aryl methyl sites for hydroxylation is 2. The fraction of sp³-hybridized carbons (Fsp3) is 0.214. The molecule has 1 nitrogen and oxygen atoms in total. The van der Waals surface area contributed by atoms with Gasteiger partial charge in [0.2, 0.25) is 0 Å². The molecule has 0 saturated heterocycles. The average molecular weight is 331 g/mol. The molecule has 0 atom stereocenters. The summed E-state index contributed by atoms with van der Waals surface area (Å²) in [6, 6.07) is 7.86. The third kappa shape index (κ3) is 3.76. The average Bonchev–Trinajstić information content (AvgIpc) is 2.69. The number of rotatable bonds is 4. The Hall–Kier alpha value is -0.480. The summed E-state index contributed by atoms with van der Waals surface area (Å²) in [7, 11) is 0. The summed E-state index contributed by atoms with van der Waals surface area (Å²) in [6.07, 6.45) is 0. The zero-order valence-corrected chi connectivity index (χ0v) is 13.6. The first-order valence-corrected chi connectivity index (χ1v) is 8.21. The van der Waals surface area contributed by atoms with Gasteiger partial charge in [-0.15, -0.1) is 23.1 Å². The third-order valence-corrected chi connectivity index (χ3v) is 5.30. The van der Waals surface area contributed by atoms with Gasteiger partial charge in [0, 0.05) is 10.5 Å². The van der Waals surface area contributed by atoms with Crippen LogP contribution in [0.4, 0.5) is 0 Å². The number of ketones is 1. The quantitative estimate of drug-likeness (QED) is 0.532. The molecule has 0 aliphatic carbocycles. The molecule has 2 aromatic rings. The highest BCUT2D eigenvalue weighted by molar-refractivity contribution is 8.00. The van der Waals surface area contributed by atoms with Crippen molar-refractivity contribution in [3.8, 4) is 0 Å². The normalized spacial score (nSPS) is 10.7. The third-order valence-electron chi connectivity index (χ3n) is 2.66. The first-order valence-electron chi connectivity index (χ1n) is 5.65. The van der Waals surface area contributed by atoms with Crippen LogP contribution in [0.15, 0.2) is 29.2 Å². The molecule has 0 amide bonds. The van der Waals surface area contributed by atoms with Crippen molar-refractivity contribution >= 4 is 52.1 Å². The molecule has 0 N–H and O–H groups in total. The lowest BCUT2D eigenvalue weighted by Gasteiger charge is -2.06. The van der Waals surface area contributed by atoms with E-state index < -0.39 is 0 Å². The molecule has 19 heavy (non-hydrogen) atoms. The number of carbonyl (C=O) groups excluding carboxylic acids is 1. The Bertz CT molecular complexity index is 620. The molecule has 0 aliphatic heterocycles. The van der Waals surface area contributed by atoms with Gasteiger partial charge in [-0.1, -0.05) is 40.9 Å². The molecule has 0 spiro atoms. The van der Waals surface area contributed by atoms with E-state index in [0.29, 0.717) is 20.0 Å². The second kappa shape index (κ2) is 6.31. The summed E-state index contributed by atoms with van der Waals surface area (Å²) in [5, 5.41) is 0. The van der Waals surface area contributed by atoms with Gasteiger partial charge in [0.1, 0.15) is 4.34 Å². The van der Waals surface area contributed by atoms with E-state index in [0.717, 1.165) is 4.90 Å². The van der Waals surface area contributed by atoms with Crippen molar-refractivity contribution in [3.63, 3.8) is 0 Å². The van der Waals surface area contributed by atoms with Crippen LogP contribution in [0.1, 0.15) is 21.5 Å². The Morgan fingerprint density at radius 3 is 2.63 bits per heavy atom. The van der Waals surface area contributed by atoms with Gasteiger partial charge in [-0.25, -0.2) is 0 Å². The summed E-state index contributed by atoms with van der Waals surface area (Å²) >= 11 is 14.6. The largest absolute Gasteiger partial charge is 0.293 e. The summed E-state index contributed by atoms with van der Waals surface area (Å²) in [5.41, 5.74) is 2.89. The number of thiophene rings is 1. The zero-order chi connectivity index (χ0) is 14.0. The van der Waals surface area contributed by atoms with E-state index in [1.165, 1.54) is 34.2 Å².